The van der Waals surface area contributed by atoms with E-state index in [1.54, 1.807) is 18.9 Å². The van der Waals surface area contributed by atoms with Gasteiger partial charge in [0.05, 0.1) is 18.0 Å². The van der Waals surface area contributed by atoms with Crippen LogP contribution in [-0.4, -0.2) is 65.7 Å². The second-order valence-electron chi connectivity index (χ2n) is 13.9. The first-order valence-corrected chi connectivity index (χ1v) is 16.7. The zero-order valence-electron chi connectivity index (χ0n) is 27.7. The standard InChI is InChI=1S/C37H52N4O4/c1-25(38-5)34(43)39-33(28-20-13-8-14-21-28)36(45)41-23-15-22-30(41)31(42)24-29(35(44)40-37(2,3)4)32(26-16-9-6-10-17-26)27-18-11-7-12-19-27/h6-7,9-12,16-19,25,28-30,32-33,38H,8,13-15,20-24H2,1-5H3,(H,39,43)(H,40,44)/t25-,29?,30?,33+/m0/s1. The lowest BCUT2D eigenvalue weighted by molar-refractivity contribution is -0.143. The smallest absolute Gasteiger partial charge is 0.246 e. The fourth-order valence-electron chi connectivity index (χ4n) is 6.96. The number of likely N-dealkylation sites (tertiary alicyclic amines) is 1. The molecular weight excluding hydrogens is 564 g/mol. The summed E-state index contributed by atoms with van der Waals surface area (Å²) in [7, 11) is 1.72. The van der Waals surface area contributed by atoms with Crippen LogP contribution < -0.4 is 16.0 Å². The van der Waals surface area contributed by atoms with Gasteiger partial charge in [0.15, 0.2) is 5.78 Å². The van der Waals surface area contributed by atoms with Crippen molar-refractivity contribution in [2.75, 3.05) is 13.6 Å². The zero-order valence-corrected chi connectivity index (χ0v) is 27.7. The molecule has 3 N–H and O–H groups in total. The van der Waals surface area contributed by atoms with Crippen molar-refractivity contribution in [3.63, 3.8) is 0 Å². The van der Waals surface area contributed by atoms with Gasteiger partial charge in [-0.2, -0.15) is 0 Å². The Morgan fingerprint density at radius 1 is 0.822 bits per heavy atom. The fraction of sp³-hybridized carbons (Fsp3) is 0.568. The van der Waals surface area contributed by atoms with Gasteiger partial charge in [0.25, 0.3) is 0 Å². The molecule has 2 aromatic carbocycles. The van der Waals surface area contributed by atoms with E-state index in [2.05, 4.69) is 16.0 Å². The normalized spacial score (nSPS) is 19.5. The maximum atomic E-state index is 14.3. The van der Waals surface area contributed by atoms with Crippen LogP contribution in [0.3, 0.4) is 0 Å². The van der Waals surface area contributed by atoms with Crippen molar-refractivity contribution >= 4 is 23.5 Å². The number of nitrogens with zero attached hydrogens (tertiary/aromatic N) is 1. The molecule has 4 rings (SSSR count). The predicted octanol–water partition coefficient (Wildman–Crippen LogP) is 4.97. The second-order valence-corrected chi connectivity index (χ2v) is 13.9. The highest BCUT2D eigenvalue weighted by molar-refractivity contribution is 5.96. The molecule has 2 aromatic rings. The van der Waals surface area contributed by atoms with Gasteiger partial charge in [0, 0.05) is 24.4 Å². The van der Waals surface area contributed by atoms with Crippen molar-refractivity contribution in [3.8, 4) is 0 Å². The summed E-state index contributed by atoms with van der Waals surface area (Å²) in [6.45, 7) is 8.07. The summed E-state index contributed by atoms with van der Waals surface area (Å²) in [6.07, 6.45) is 6.20. The van der Waals surface area contributed by atoms with Gasteiger partial charge in [-0.1, -0.05) is 79.9 Å². The molecule has 1 heterocycles. The van der Waals surface area contributed by atoms with Gasteiger partial charge in [-0.25, -0.2) is 0 Å². The SMILES string of the molecule is CN[C@@H](C)C(=O)N[C@@H](C(=O)N1CCCC1C(=O)CC(C(=O)NC(C)(C)C)C(c1ccccc1)c1ccccc1)C1CCCCC1. The van der Waals surface area contributed by atoms with E-state index in [0.29, 0.717) is 19.4 Å². The number of carbonyl (C=O) groups excluding carboxylic acids is 4. The molecule has 2 fully saturated rings. The van der Waals surface area contributed by atoms with Gasteiger partial charge in [0.1, 0.15) is 6.04 Å². The lowest BCUT2D eigenvalue weighted by Crippen LogP contribution is -2.57. The van der Waals surface area contributed by atoms with Gasteiger partial charge in [-0.05, 0) is 77.5 Å². The summed E-state index contributed by atoms with van der Waals surface area (Å²) >= 11 is 0. The van der Waals surface area contributed by atoms with Crippen LogP contribution in [0.25, 0.3) is 0 Å². The fourth-order valence-corrected chi connectivity index (χ4v) is 6.96. The molecule has 1 aliphatic carbocycles. The van der Waals surface area contributed by atoms with Crippen molar-refractivity contribution in [2.24, 2.45) is 11.8 Å². The van der Waals surface area contributed by atoms with E-state index in [4.69, 9.17) is 0 Å². The molecule has 0 radical (unpaired) electrons. The molecule has 1 saturated carbocycles. The van der Waals surface area contributed by atoms with E-state index in [1.165, 1.54) is 0 Å². The Morgan fingerprint density at radius 3 is 1.93 bits per heavy atom. The summed E-state index contributed by atoms with van der Waals surface area (Å²) in [5.74, 6) is -1.65. The van der Waals surface area contributed by atoms with Gasteiger partial charge in [0.2, 0.25) is 17.7 Å². The Morgan fingerprint density at radius 2 is 1.40 bits per heavy atom. The van der Waals surface area contributed by atoms with Crippen LogP contribution in [0, 0.1) is 11.8 Å². The average Bonchev–Trinajstić information content (AvgIpc) is 3.53. The van der Waals surface area contributed by atoms with Crippen molar-refractivity contribution in [2.45, 2.75) is 109 Å². The molecule has 3 amide bonds. The van der Waals surface area contributed by atoms with Crippen molar-refractivity contribution in [1.82, 2.24) is 20.9 Å². The molecule has 8 nitrogen and oxygen atoms in total. The Balaban J connectivity index is 1.64. The van der Waals surface area contributed by atoms with Gasteiger partial charge in [-0.15, -0.1) is 0 Å². The summed E-state index contributed by atoms with van der Waals surface area (Å²) in [6, 6.07) is 18.0. The maximum Gasteiger partial charge on any atom is 0.246 e. The third-order valence-electron chi connectivity index (χ3n) is 9.39. The Labute approximate surface area is 269 Å². The number of nitrogens with one attached hydrogen (secondary N) is 3. The van der Waals surface area contributed by atoms with E-state index in [1.807, 2.05) is 81.4 Å². The highest BCUT2D eigenvalue weighted by Crippen LogP contribution is 2.37. The lowest BCUT2D eigenvalue weighted by Gasteiger charge is -2.36. The molecule has 4 atom stereocenters. The number of rotatable bonds is 12. The van der Waals surface area contributed by atoms with Crippen LogP contribution in [0.4, 0.5) is 0 Å². The summed E-state index contributed by atoms with van der Waals surface area (Å²) in [5, 5.41) is 9.16. The van der Waals surface area contributed by atoms with E-state index >= 15 is 0 Å². The molecule has 244 valence electrons. The minimum atomic E-state index is -0.676. The topological polar surface area (TPSA) is 108 Å². The molecule has 1 aliphatic heterocycles. The summed E-state index contributed by atoms with van der Waals surface area (Å²) in [5.41, 5.74) is 1.44. The molecule has 2 unspecified atom stereocenters. The number of hydrogen-bond acceptors (Lipinski definition) is 5. The van der Waals surface area contributed by atoms with Gasteiger partial charge < -0.3 is 20.9 Å². The van der Waals surface area contributed by atoms with Crippen LogP contribution in [0.5, 0.6) is 0 Å². The van der Waals surface area contributed by atoms with Crippen LogP contribution in [0.15, 0.2) is 60.7 Å². The summed E-state index contributed by atoms with van der Waals surface area (Å²) < 4.78 is 0. The van der Waals surface area contributed by atoms with Crippen LogP contribution in [-0.2, 0) is 19.2 Å². The molecule has 0 bridgehead atoms. The van der Waals surface area contributed by atoms with E-state index in [-0.39, 0.29) is 41.8 Å². The van der Waals surface area contributed by atoms with E-state index in [0.717, 1.165) is 43.2 Å². The molecule has 0 spiro atoms. The first kappa shape index (κ1) is 34.4. The molecule has 8 heteroatoms. The number of benzene rings is 2. The number of hydrogen-bond donors (Lipinski definition) is 3. The van der Waals surface area contributed by atoms with E-state index in [9.17, 15) is 19.2 Å². The molecule has 1 saturated heterocycles. The number of ketones is 1. The number of carbonyl (C=O) groups is 4. The highest BCUT2D eigenvalue weighted by Gasteiger charge is 2.43. The van der Waals surface area contributed by atoms with Crippen molar-refractivity contribution in [3.05, 3.63) is 71.8 Å². The van der Waals surface area contributed by atoms with Crippen LogP contribution in [0.2, 0.25) is 0 Å². The number of Topliss-reactive ketones (excluding diaryl/α,β-unsaturated/α-hetero) is 1. The van der Waals surface area contributed by atoms with Gasteiger partial charge >= 0.3 is 0 Å². The quantitative estimate of drug-likeness (QED) is 0.312. The van der Waals surface area contributed by atoms with Crippen molar-refractivity contribution < 1.29 is 19.2 Å². The summed E-state index contributed by atoms with van der Waals surface area (Å²) in [4.78, 5) is 57.3. The lowest BCUT2D eigenvalue weighted by atomic mass is 9.76. The minimum Gasteiger partial charge on any atom is -0.351 e. The first-order chi connectivity index (χ1) is 21.5. The molecule has 45 heavy (non-hydrogen) atoms. The Kier molecular flexibility index (Phi) is 12.0. The third-order valence-corrected chi connectivity index (χ3v) is 9.39. The largest absolute Gasteiger partial charge is 0.351 e. The minimum absolute atomic E-state index is 0.00204. The average molecular weight is 617 g/mol. The predicted molar refractivity (Wildman–Crippen MR) is 177 cm³/mol. The van der Waals surface area contributed by atoms with Crippen molar-refractivity contribution in [1.29, 1.82) is 0 Å². The molecule has 2 aliphatic rings. The zero-order chi connectivity index (χ0) is 32.6. The van der Waals surface area contributed by atoms with Crippen LogP contribution in [0.1, 0.15) is 96.1 Å². The number of amides is 3. The Bertz CT molecular complexity index is 1250. The monoisotopic (exact) mass is 616 g/mol. The molecule has 0 aromatic heterocycles. The first-order valence-electron chi connectivity index (χ1n) is 16.7. The molecular formula is C37H52N4O4. The second kappa shape index (κ2) is 15.7. The van der Waals surface area contributed by atoms with E-state index < -0.39 is 29.6 Å². The third kappa shape index (κ3) is 9.03. The maximum absolute atomic E-state index is 14.3. The van der Waals surface area contributed by atoms with Crippen LogP contribution >= 0.6 is 0 Å². The Hall–Kier alpha value is -3.52. The van der Waals surface area contributed by atoms with Gasteiger partial charge in [-0.3, -0.25) is 19.2 Å². The number of likely N-dealkylation sites (N-methyl/N-ethyl adjacent to an activating group) is 1. The highest BCUT2D eigenvalue weighted by atomic mass is 16.2.